The SMILES string of the molecule is NC(=O)c1c(F)cc2ncccc2c1F. The van der Waals surface area contributed by atoms with Gasteiger partial charge in [0, 0.05) is 17.6 Å². The van der Waals surface area contributed by atoms with Gasteiger partial charge >= 0.3 is 0 Å². The molecule has 2 aromatic rings. The second kappa shape index (κ2) is 3.27. The van der Waals surface area contributed by atoms with Crippen LogP contribution in [0.25, 0.3) is 10.9 Å². The Bertz CT molecular complexity index is 554. The first-order valence-corrected chi connectivity index (χ1v) is 4.14. The molecule has 3 nitrogen and oxygen atoms in total. The Morgan fingerprint density at radius 2 is 2.13 bits per heavy atom. The number of pyridine rings is 1. The molecule has 0 atom stereocenters. The molecule has 1 amide bonds. The topological polar surface area (TPSA) is 56.0 Å². The highest BCUT2D eigenvalue weighted by molar-refractivity contribution is 5.97. The van der Waals surface area contributed by atoms with E-state index in [1.165, 1.54) is 18.3 Å². The molecule has 0 unspecified atom stereocenters. The molecule has 1 heterocycles. The zero-order valence-electron chi connectivity index (χ0n) is 7.50. The Hall–Kier alpha value is -2.04. The summed E-state index contributed by atoms with van der Waals surface area (Å²) in [6, 6.07) is 3.89. The van der Waals surface area contributed by atoms with Crippen LogP contribution in [0.15, 0.2) is 24.4 Å². The average Bonchev–Trinajstić information content (AvgIpc) is 2.17. The van der Waals surface area contributed by atoms with Crippen molar-refractivity contribution in [2.75, 3.05) is 0 Å². The minimum atomic E-state index is -1.13. The second-order valence-electron chi connectivity index (χ2n) is 2.98. The predicted molar refractivity (Wildman–Crippen MR) is 50.2 cm³/mol. The van der Waals surface area contributed by atoms with E-state index in [1.54, 1.807) is 0 Å². The number of fused-ring (bicyclic) bond motifs is 1. The zero-order valence-corrected chi connectivity index (χ0v) is 7.50. The van der Waals surface area contributed by atoms with E-state index in [0.717, 1.165) is 6.07 Å². The molecule has 0 saturated carbocycles. The number of carbonyl (C=O) groups excluding carboxylic acids is 1. The Balaban J connectivity index is 2.90. The number of hydrogen-bond donors (Lipinski definition) is 1. The van der Waals surface area contributed by atoms with E-state index in [0.29, 0.717) is 0 Å². The van der Waals surface area contributed by atoms with Gasteiger partial charge in [-0.05, 0) is 12.1 Å². The number of halogens is 2. The Labute approximate surface area is 83.5 Å². The van der Waals surface area contributed by atoms with Crippen LogP contribution in [0.3, 0.4) is 0 Å². The number of primary amides is 1. The first-order chi connectivity index (χ1) is 7.11. The molecule has 0 fully saturated rings. The number of rotatable bonds is 1. The summed E-state index contributed by atoms with van der Waals surface area (Å²) in [6.07, 6.45) is 1.41. The van der Waals surface area contributed by atoms with E-state index in [9.17, 15) is 13.6 Å². The van der Waals surface area contributed by atoms with Crippen molar-refractivity contribution in [2.45, 2.75) is 0 Å². The molecule has 0 radical (unpaired) electrons. The maximum atomic E-state index is 13.6. The summed E-state index contributed by atoms with van der Waals surface area (Å²) in [5, 5.41) is 0.0766. The largest absolute Gasteiger partial charge is 0.365 e. The van der Waals surface area contributed by atoms with Gasteiger partial charge in [0.2, 0.25) is 0 Å². The summed E-state index contributed by atoms with van der Waals surface area (Å²) in [4.78, 5) is 14.6. The molecule has 2 N–H and O–H groups in total. The van der Waals surface area contributed by atoms with Crippen molar-refractivity contribution in [2.24, 2.45) is 5.73 Å². The second-order valence-corrected chi connectivity index (χ2v) is 2.98. The van der Waals surface area contributed by atoms with Crippen molar-refractivity contribution in [3.63, 3.8) is 0 Å². The smallest absolute Gasteiger partial charge is 0.254 e. The lowest BCUT2D eigenvalue weighted by Gasteiger charge is -2.03. The molecule has 0 aliphatic rings. The van der Waals surface area contributed by atoms with Crippen molar-refractivity contribution >= 4 is 16.8 Å². The zero-order chi connectivity index (χ0) is 11.0. The van der Waals surface area contributed by atoms with Gasteiger partial charge in [-0.25, -0.2) is 8.78 Å². The number of amides is 1. The molecule has 0 spiro atoms. The highest BCUT2D eigenvalue weighted by Gasteiger charge is 2.18. The fourth-order valence-electron chi connectivity index (χ4n) is 1.38. The third-order valence-electron chi connectivity index (χ3n) is 2.04. The van der Waals surface area contributed by atoms with Gasteiger partial charge in [-0.3, -0.25) is 9.78 Å². The third kappa shape index (κ3) is 1.41. The number of aromatic nitrogens is 1. The van der Waals surface area contributed by atoms with Crippen LogP contribution in [0.2, 0.25) is 0 Å². The number of nitrogens with zero attached hydrogens (tertiary/aromatic N) is 1. The van der Waals surface area contributed by atoms with Crippen LogP contribution in [0, 0.1) is 11.6 Å². The van der Waals surface area contributed by atoms with E-state index < -0.39 is 23.1 Å². The van der Waals surface area contributed by atoms with Gasteiger partial charge < -0.3 is 5.73 Å². The first kappa shape index (κ1) is 9.51. The highest BCUT2D eigenvalue weighted by atomic mass is 19.1. The van der Waals surface area contributed by atoms with Crippen molar-refractivity contribution in [1.29, 1.82) is 0 Å². The molecule has 1 aromatic heterocycles. The van der Waals surface area contributed by atoms with Gasteiger partial charge in [-0.15, -0.1) is 0 Å². The lowest BCUT2D eigenvalue weighted by molar-refractivity contribution is 0.0992. The van der Waals surface area contributed by atoms with Crippen LogP contribution in [0.4, 0.5) is 8.78 Å². The third-order valence-corrected chi connectivity index (χ3v) is 2.04. The molecule has 1 aromatic carbocycles. The molecule has 0 aliphatic heterocycles. The molecular weight excluding hydrogens is 202 g/mol. The van der Waals surface area contributed by atoms with Gasteiger partial charge in [-0.2, -0.15) is 0 Å². The molecule has 15 heavy (non-hydrogen) atoms. The standard InChI is InChI=1S/C10H6F2N2O/c11-6-4-7-5(2-1-3-14-7)9(12)8(6)10(13)15/h1-4H,(H2,13,15). The summed E-state index contributed by atoms with van der Waals surface area (Å²) in [6.45, 7) is 0. The summed E-state index contributed by atoms with van der Waals surface area (Å²) >= 11 is 0. The fraction of sp³-hybridized carbons (Fsp3) is 0. The summed E-state index contributed by atoms with van der Waals surface area (Å²) in [5.41, 5.74) is 4.29. The predicted octanol–water partition coefficient (Wildman–Crippen LogP) is 1.61. The molecule has 5 heteroatoms. The van der Waals surface area contributed by atoms with Gasteiger partial charge in [0.1, 0.15) is 17.2 Å². The summed E-state index contributed by atoms with van der Waals surface area (Å²) in [5.74, 6) is -3.09. The van der Waals surface area contributed by atoms with Crippen LogP contribution in [-0.2, 0) is 0 Å². The van der Waals surface area contributed by atoms with Gasteiger partial charge in [-0.1, -0.05) is 0 Å². The molecule has 0 saturated heterocycles. The number of carbonyl (C=O) groups is 1. The van der Waals surface area contributed by atoms with Gasteiger partial charge in [0.15, 0.2) is 0 Å². The number of nitrogens with two attached hydrogens (primary N) is 1. The van der Waals surface area contributed by atoms with E-state index in [4.69, 9.17) is 5.73 Å². The lowest BCUT2D eigenvalue weighted by atomic mass is 10.1. The van der Waals surface area contributed by atoms with Crippen LogP contribution >= 0.6 is 0 Å². The molecule has 0 bridgehead atoms. The molecular formula is C10H6F2N2O. The lowest BCUT2D eigenvalue weighted by Crippen LogP contribution is -2.15. The van der Waals surface area contributed by atoms with Crippen molar-refractivity contribution in [3.8, 4) is 0 Å². The van der Waals surface area contributed by atoms with Crippen LogP contribution in [0.5, 0.6) is 0 Å². The summed E-state index contributed by atoms with van der Waals surface area (Å²) in [7, 11) is 0. The Morgan fingerprint density at radius 3 is 2.80 bits per heavy atom. The number of benzene rings is 1. The van der Waals surface area contributed by atoms with Crippen LogP contribution < -0.4 is 5.73 Å². The van der Waals surface area contributed by atoms with Crippen molar-refractivity contribution in [1.82, 2.24) is 4.98 Å². The fourth-order valence-corrected chi connectivity index (χ4v) is 1.38. The minimum Gasteiger partial charge on any atom is -0.365 e. The van der Waals surface area contributed by atoms with E-state index in [-0.39, 0.29) is 10.9 Å². The minimum absolute atomic E-state index is 0.0766. The van der Waals surface area contributed by atoms with Gasteiger partial charge in [0.25, 0.3) is 5.91 Å². The van der Waals surface area contributed by atoms with E-state index >= 15 is 0 Å². The summed E-state index contributed by atoms with van der Waals surface area (Å²) < 4.78 is 26.9. The monoisotopic (exact) mass is 208 g/mol. The van der Waals surface area contributed by atoms with Crippen molar-refractivity contribution < 1.29 is 13.6 Å². The quantitative estimate of drug-likeness (QED) is 0.774. The van der Waals surface area contributed by atoms with E-state index in [1.807, 2.05) is 0 Å². The highest BCUT2D eigenvalue weighted by Crippen LogP contribution is 2.21. The van der Waals surface area contributed by atoms with Crippen molar-refractivity contribution in [3.05, 3.63) is 41.6 Å². The van der Waals surface area contributed by atoms with E-state index in [2.05, 4.69) is 4.98 Å². The first-order valence-electron chi connectivity index (χ1n) is 4.14. The van der Waals surface area contributed by atoms with Crippen LogP contribution in [0.1, 0.15) is 10.4 Å². The average molecular weight is 208 g/mol. The molecule has 2 rings (SSSR count). The normalized spacial score (nSPS) is 10.5. The van der Waals surface area contributed by atoms with Gasteiger partial charge in [0.05, 0.1) is 5.52 Å². The maximum absolute atomic E-state index is 13.6. The maximum Gasteiger partial charge on any atom is 0.254 e. The van der Waals surface area contributed by atoms with Crippen LogP contribution in [-0.4, -0.2) is 10.9 Å². The molecule has 76 valence electrons. The Morgan fingerprint density at radius 1 is 1.40 bits per heavy atom. The Kier molecular flexibility index (Phi) is 2.07. The molecule has 0 aliphatic carbocycles. The number of hydrogen-bond acceptors (Lipinski definition) is 2.